The minimum absolute atomic E-state index is 0.178. The van der Waals surface area contributed by atoms with Gasteiger partial charge in [0.25, 0.3) is 5.91 Å². The van der Waals surface area contributed by atoms with Crippen molar-refractivity contribution in [1.29, 1.82) is 5.26 Å². The van der Waals surface area contributed by atoms with E-state index in [-0.39, 0.29) is 19.1 Å². The summed E-state index contributed by atoms with van der Waals surface area (Å²) in [6.07, 6.45) is 0. The number of amides is 2. The maximum Gasteiger partial charge on any atom is 0.258 e. The minimum Gasteiger partial charge on any atom is -0.484 e. The number of nitrogens with one attached hydrogen (secondary N) is 2. The monoisotopic (exact) mass is 343 g/mol. The normalized spacial score (nSPS) is 9.67. The molecule has 122 valence electrons. The molecule has 6 nitrogen and oxygen atoms in total. The van der Waals surface area contributed by atoms with Gasteiger partial charge in [-0.15, -0.1) is 0 Å². The third-order valence-corrected chi connectivity index (χ3v) is 3.18. The van der Waals surface area contributed by atoms with Gasteiger partial charge >= 0.3 is 0 Å². The van der Waals surface area contributed by atoms with Crippen LogP contribution in [-0.2, 0) is 9.59 Å². The van der Waals surface area contributed by atoms with Gasteiger partial charge in [0.15, 0.2) is 6.61 Å². The Hall–Kier alpha value is -3.04. The predicted molar refractivity (Wildman–Crippen MR) is 89.7 cm³/mol. The number of hydrogen-bond acceptors (Lipinski definition) is 4. The average Bonchev–Trinajstić information content (AvgIpc) is 2.60. The van der Waals surface area contributed by atoms with E-state index in [0.29, 0.717) is 22.0 Å². The van der Waals surface area contributed by atoms with Crippen LogP contribution < -0.4 is 15.4 Å². The topological polar surface area (TPSA) is 91.2 Å². The SMILES string of the molecule is N#Cc1ccc(NC(=O)CNC(=O)COc2ccc(Cl)cc2)cc1. The fourth-order valence-electron chi connectivity index (χ4n) is 1.74. The molecule has 0 aliphatic carbocycles. The van der Waals surface area contributed by atoms with Gasteiger partial charge in [-0.05, 0) is 48.5 Å². The first kappa shape index (κ1) is 17.3. The molecule has 0 atom stereocenters. The van der Waals surface area contributed by atoms with E-state index in [0.717, 1.165) is 0 Å². The molecule has 0 aliphatic heterocycles. The summed E-state index contributed by atoms with van der Waals surface area (Å²) in [5, 5.41) is 14.3. The number of halogens is 1. The molecule has 7 heteroatoms. The highest BCUT2D eigenvalue weighted by Crippen LogP contribution is 2.15. The van der Waals surface area contributed by atoms with Crippen molar-refractivity contribution in [1.82, 2.24) is 5.32 Å². The van der Waals surface area contributed by atoms with E-state index < -0.39 is 5.91 Å². The van der Waals surface area contributed by atoms with Gasteiger partial charge in [0.05, 0.1) is 18.2 Å². The van der Waals surface area contributed by atoms with Crippen molar-refractivity contribution in [2.45, 2.75) is 0 Å². The molecule has 0 heterocycles. The Balaban J connectivity index is 1.71. The first-order valence-electron chi connectivity index (χ1n) is 7.02. The van der Waals surface area contributed by atoms with Crippen LogP contribution in [0.5, 0.6) is 5.75 Å². The average molecular weight is 344 g/mol. The number of ether oxygens (including phenoxy) is 1. The molecule has 0 saturated heterocycles. The largest absolute Gasteiger partial charge is 0.484 e. The van der Waals surface area contributed by atoms with Crippen LogP contribution in [0.3, 0.4) is 0 Å². The predicted octanol–water partition coefficient (Wildman–Crippen LogP) is 2.35. The van der Waals surface area contributed by atoms with Crippen LogP contribution in [0.15, 0.2) is 48.5 Å². The highest BCUT2D eigenvalue weighted by Gasteiger charge is 2.07. The molecule has 0 aromatic heterocycles. The number of anilines is 1. The Morgan fingerprint density at radius 1 is 1.04 bits per heavy atom. The number of carbonyl (C=O) groups is 2. The third kappa shape index (κ3) is 5.63. The molecule has 2 N–H and O–H groups in total. The maximum atomic E-state index is 11.7. The number of carbonyl (C=O) groups excluding carboxylic acids is 2. The van der Waals surface area contributed by atoms with Crippen molar-refractivity contribution in [3.63, 3.8) is 0 Å². The number of nitrogens with zero attached hydrogens (tertiary/aromatic N) is 1. The molecule has 24 heavy (non-hydrogen) atoms. The number of hydrogen-bond donors (Lipinski definition) is 2. The van der Waals surface area contributed by atoms with E-state index in [1.54, 1.807) is 48.5 Å². The van der Waals surface area contributed by atoms with E-state index in [2.05, 4.69) is 10.6 Å². The Kier molecular flexibility index (Phi) is 6.17. The van der Waals surface area contributed by atoms with Crippen molar-refractivity contribution in [2.24, 2.45) is 0 Å². The van der Waals surface area contributed by atoms with Gasteiger partial charge in [0.1, 0.15) is 5.75 Å². The minimum atomic E-state index is -0.417. The highest BCUT2D eigenvalue weighted by atomic mass is 35.5. The number of benzene rings is 2. The first-order chi connectivity index (χ1) is 11.6. The summed E-state index contributed by atoms with van der Waals surface area (Å²) in [5.74, 6) is -0.281. The molecule has 2 aromatic carbocycles. The number of nitriles is 1. The van der Waals surface area contributed by atoms with Gasteiger partial charge in [0.2, 0.25) is 5.91 Å². The van der Waals surface area contributed by atoms with E-state index >= 15 is 0 Å². The van der Waals surface area contributed by atoms with Crippen LogP contribution in [-0.4, -0.2) is 25.0 Å². The molecule has 0 saturated carbocycles. The second-order valence-corrected chi connectivity index (χ2v) is 5.19. The summed E-state index contributed by atoms with van der Waals surface area (Å²) in [5.41, 5.74) is 1.05. The van der Waals surface area contributed by atoms with Crippen LogP contribution >= 0.6 is 11.6 Å². The Morgan fingerprint density at radius 3 is 2.33 bits per heavy atom. The van der Waals surface area contributed by atoms with Crippen molar-refractivity contribution in [3.8, 4) is 11.8 Å². The van der Waals surface area contributed by atoms with Crippen LogP contribution in [0.1, 0.15) is 5.56 Å². The lowest BCUT2D eigenvalue weighted by Crippen LogP contribution is -2.35. The summed E-state index contributed by atoms with van der Waals surface area (Å²) in [7, 11) is 0. The Morgan fingerprint density at radius 2 is 1.71 bits per heavy atom. The third-order valence-electron chi connectivity index (χ3n) is 2.93. The zero-order chi connectivity index (χ0) is 17.4. The van der Waals surface area contributed by atoms with Gasteiger partial charge in [-0.2, -0.15) is 5.26 Å². The molecule has 0 spiro atoms. The smallest absolute Gasteiger partial charge is 0.258 e. The van der Waals surface area contributed by atoms with E-state index in [1.807, 2.05) is 6.07 Å². The lowest BCUT2D eigenvalue weighted by Gasteiger charge is -2.08. The first-order valence-corrected chi connectivity index (χ1v) is 7.39. The summed E-state index contributed by atoms with van der Waals surface area (Å²) >= 11 is 5.75. The second kappa shape index (κ2) is 8.56. The van der Waals surface area contributed by atoms with Crippen molar-refractivity contribution in [3.05, 3.63) is 59.1 Å². The molecular formula is C17H14ClN3O3. The molecule has 2 aromatic rings. The van der Waals surface area contributed by atoms with Gasteiger partial charge in [-0.1, -0.05) is 11.6 Å². The van der Waals surface area contributed by atoms with E-state index in [4.69, 9.17) is 21.6 Å². The molecule has 0 radical (unpaired) electrons. The fraction of sp³-hybridized carbons (Fsp3) is 0.118. The summed E-state index contributed by atoms with van der Waals surface area (Å²) in [4.78, 5) is 23.4. The molecule has 0 aliphatic rings. The van der Waals surface area contributed by atoms with Crippen molar-refractivity contribution in [2.75, 3.05) is 18.5 Å². The van der Waals surface area contributed by atoms with Gasteiger partial charge in [0, 0.05) is 10.7 Å². The molecular weight excluding hydrogens is 330 g/mol. The molecule has 2 amide bonds. The van der Waals surface area contributed by atoms with Crippen molar-refractivity contribution >= 4 is 29.1 Å². The Labute approximate surface area is 144 Å². The van der Waals surface area contributed by atoms with E-state index in [9.17, 15) is 9.59 Å². The van der Waals surface area contributed by atoms with Gasteiger partial charge < -0.3 is 15.4 Å². The second-order valence-electron chi connectivity index (χ2n) is 4.76. The zero-order valence-corrected chi connectivity index (χ0v) is 13.3. The fourth-order valence-corrected chi connectivity index (χ4v) is 1.87. The Bertz CT molecular complexity index is 752. The molecule has 2 rings (SSSR count). The van der Waals surface area contributed by atoms with Crippen molar-refractivity contribution < 1.29 is 14.3 Å². The quantitative estimate of drug-likeness (QED) is 0.842. The highest BCUT2D eigenvalue weighted by molar-refractivity contribution is 6.30. The standard InChI is InChI=1S/C17H14ClN3O3/c18-13-3-7-15(8-4-13)24-11-17(23)20-10-16(22)21-14-5-1-12(9-19)2-6-14/h1-8H,10-11H2,(H,20,23)(H,21,22). The van der Waals surface area contributed by atoms with Crippen LogP contribution in [0, 0.1) is 11.3 Å². The van der Waals surface area contributed by atoms with E-state index in [1.165, 1.54) is 0 Å². The molecule has 0 bridgehead atoms. The summed E-state index contributed by atoms with van der Waals surface area (Å²) in [6.45, 7) is -0.380. The maximum absolute atomic E-state index is 11.7. The lowest BCUT2D eigenvalue weighted by atomic mass is 10.2. The van der Waals surface area contributed by atoms with Crippen LogP contribution in [0.25, 0.3) is 0 Å². The molecule has 0 unspecified atom stereocenters. The lowest BCUT2D eigenvalue weighted by molar-refractivity contribution is -0.125. The zero-order valence-electron chi connectivity index (χ0n) is 12.6. The summed E-state index contributed by atoms with van der Waals surface area (Å²) < 4.78 is 5.27. The van der Waals surface area contributed by atoms with Crippen LogP contribution in [0.2, 0.25) is 5.02 Å². The van der Waals surface area contributed by atoms with Gasteiger partial charge in [-0.25, -0.2) is 0 Å². The summed E-state index contributed by atoms with van der Waals surface area (Å²) in [6, 6.07) is 15.0. The van der Waals surface area contributed by atoms with Crippen LogP contribution in [0.4, 0.5) is 5.69 Å². The number of rotatable bonds is 6. The van der Waals surface area contributed by atoms with Gasteiger partial charge in [-0.3, -0.25) is 9.59 Å². The molecule has 0 fully saturated rings.